The average Bonchev–Trinajstić information content (AvgIpc) is 2.92. The number of likely N-dealkylation sites (tertiary alicyclic amines) is 2. The van der Waals surface area contributed by atoms with E-state index in [1.807, 2.05) is 120 Å². The van der Waals surface area contributed by atoms with Crippen LogP contribution >= 0.6 is 0 Å². The van der Waals surface area contributed by atoms with Gasteiger partial charge in [-0.15, -0.1) is 0 Å². The molecule has 3 rings (SSSR count). The van der Waals surface area contributed by atoms with Crippen LogP contribution in [0.2, 0.25) is 0 Å². The Bertz CT molecular complexity index is 1460. The summed E-state index contributed by atoms with van der Waals surface area (Å²) in [5.74, 6) is -2.62. The van der Waals surface area contributed by atoms with E-state index < -0.39 is 57.6 Å². The van der Waals surface area contributed by atoms with Gasteiger partial charge in [0, 0.05) is 47.8 Å². The van der Waals surface area contributed by atoms with Gasteiger partial charge in [0.25, 0.3) is 0 Å². The number of benzene rings is 1. The molecule has 0 aliphatic carbocycles. The van der Waals surface area contributed by atoms with Gasteiger partial charge < -0.3 is 24.4 Å². The lowest BCUT2D eigenvalue weighted by Gasteiger charge is -2.54. The summed E-state index contributed by atoms with van der Waals surface area (Å²) in [4.78, 5) is 58.6. The number of piperidine rings is 2. The normalized spacial score (nSPS) is 20.6. The molecule has 0 bridgehead atoms. The standard InChI is InChI=1S/C42H64N2O7/c1-16-18-33(45)43-39(8,9)22-29(23-40(43,10)11)50-36(48)31(20-28-21-32(38(5,6)7)35(47)27(4)26(28)3)37(49)51-30-24-41(12,13)44(34(46)19-17-2)42(14,15)25-30/h16-19,21,29-31,47H,20,22-25H2,1-15H3/b18-16+,19-17+. The lowest BCUT2D eigenvalue weighted by Crippen LogP contribution is -2.64. The first-order chi connectivity index (χ1) is 23.2. The van der Waals surface area contributed by atoms with Crippen LogP contribution in [0.25, 0.3) is 0 Å². The maximum Gasteiger partial charge on any atom is 0.320 e. The molecule has 0 atom stereocenters. The number of rotatable bonds is 8. The van der Waals surface area contributed by atoms with Crippen LogP contribution in [0, 0.1) is 19.8 Å². The fourth-order valence-electron chi connectivity index (χ4n) is 8.90. The van der Waals surface area contributed by atoms with Crippen molar-refractivity contribution in [3.63, 3.8) is 0 Å². The molecular formula is C42H64N2O7. The summed E-state index contributed by atoms with van der Waals surface area (Å²) in [6, 6.07) is 1.89. The fourth-order valence-corrected chi connectivity index (χ4v) is 8.90. The van der Waals surface area contributed by atoms with Crippen molar-refractivity contribution in [2.24, 2.45) is 5.92 Å². The van der Waals surface area contributed by atoms with Crippen LogP contribution in [-0.4, -0.2) is 73.0 Å². The highest BCUT2D eigenvalue weighted by Gasteiger charge is 2.51. The third kappa shape index (κ3) is 9.07. The number of ether oxygens (including phenoxy) is 2. The Kier molecular flexibility index (Phi) is 12.1. The zero-order chi connectivity index (χ0) is 39.1. The van der Waals surface area contributed by atoms with Gasteiger partial charge >= 0.3 is 11.9 Å². The molecule has 51 heavy (non-hydrogen) atoms. The fraction of sp³-hybridized carbons (Fsp3) is 0.667. The third-order valence-corrected chi connectivity index (χ3v) is 10.7. The summed E-state index contributed by atoms with van der Waals surface area (Å²) in [5, 5.41) is 11.1. The molecule has 2 aliphatic heterocycles. The van der Waals surface area contributed by atoms with Crippen molar-refractivity contribution in [1.82, 2.24) is 9.80 Å². The lowest BCUT2D eigenvalue weighted by atomic mass is 9.77. The van der Waals surface area contributed by atoms with Gasteiger partial charge in [-0.3, -0.25) is 19.2 Å². The topological polar surface area (TPSA) is 113 Å². The van der Waals surface area contributed by atoms with Crippen molar-refractivity contribution in [2.75, 3.05) is 0 Å². The van der Waals surface area contributed by atoms with Crippen molar-refractivity contribution in [2.45, 2.75) is 176 Å². The molecule has 2 saturated heterocycles. The highest BCUT2D eigenvalue weighted by molar-refractivity contribution is 5.95. The van der Waals surface area contributed by atoms with Gasteiger partial charge in [0.1, 0.15) is 18.0 Å². The molecule has 284 valence electrons. The van der Waals surface area contributed by atoms with Crippen molar-refractivity contribution < 1.29 is 33.8 Å². The lowest BCUT2D eigenvalue weighted by molar-refractivity contribution is -0.179. The molecule has 1 N–H and O–H groups in total. The third-order valence-electron chi connectivity index (χ3n) is 10.7. The SMILES string of the molecule is C/C=C/C(=O)N1C(C)(C)CC(OC(=O)C(Cc2cc(C(C)(C)C)c(O)c(C)c2C)C(=O)OC2CC(C)(C)N(C(=O)/C=C/C)C(C)(C)C2)CC1(C)C. The van der Waals surface area contributed by atoms with Crippen LogP contribution in [0.4, 0.5) is 0 Å². The summed E-state index contributed by atoms with van der Waals surface area (Å²) < 4.78 is 12.5. The summed E-state index contributed by atoms with van der Waals surface area (Å²) in [6.07, 6.45) is 7.11. The number of esters is 2. The Morgan fingerprint density at radius 3 is 1.41 bits per heavy atom. The minimum Gasteiger partial charge on any atom is -0.507 e. The molecule has 2 aliphatic rings. The zero-order valence-corrected chi connectivity index (χ0v) is 33.9. The molecular weight excluding hydrogens is 644 g/mol. The smallest absolute Gasteiger partial charge is 0.320 e. The second kappa shape index (κ2) is 14.8. The maximum atomic E-state index is 14.3. The first kappa shape index (κ1) is 41.8. The quantitative estimate of drug-likeness (QED) is 0.167. The number of hydrogen-bond acceptors (Lipinski definition) is 7. The van der Waals surface area contributed by atoms with Gasteiger partial charge in [-0.2, -0.15) is 0 Å². The molecule has 0 saturated carbocycles. The summed E-state index contributed by atoms with van der Waals surface area (Å²) >= 11 is 0. The molecule has 1 aromatic carbocycles. The van der Waals surface area contributed by atoms with E-state index in [1.54, 1.807) is 24.3 Å². The Morgan fingerprint density at radius 1 is 0.745 bits per heavy atom. The summed E-state index contributed by atoms with van der Waals surface area (Å²) in [5.41, 5.74) is 0.0883. The predicted molar refractivity (Wildman–Crippen MR) is 201 cm³/mol. The number of phenolic OH excluding ortho intramolecular Hbond substituents is 1. The van der Waals surface area contributed by atoms with E-state index >= 15 is 0 Å². The van der Waals surface area contributed by atoms with Gasteiger partial charge in [-0.25, -0.2) is 0 Å². The molecule has 9 heteroatoms. The number of nitrogens with zero attached hydrogens (tertiary/aromatic N) is 2. The van der Waals surface area contributed by atoms with E-state index in [-0.39, 0.29) is 24.0 Å². The minimum atomic E-state index is -1.27. The number of phenols is 1. The van der Waals surface area contributed by atoms with Gasteiger partial charge in [-0.1, -0.05) is 39.0 Å². The summed E-state index contributed by atoms with van der Waals surface area (Å²) in [7, 11) is 0. The van der Waals surface area contributed by atoms with Crippen LogP contribution in [0.15, 0.2) is 30.4 Å². The molecule has 2 amide bonds. The number of allylic oxidation sites excluding steroid dienone is 2. The first-order valence-electron chi connectivity index (χ1n) is 18.4. The summed E-state index contributed by atoms with van der Waals surface area (Å²) in [6.45, 7) is 29.1. The van der Waals surface area contributed by atoms with E-state index in [9.17, 15) is 24.3 Å². The van der Waals surface area contributed by atoms with Crippen molar-refractivity contribution in [3.05, 3.63) is 52.6 Å². The van der Waals surface area contributed by atoms with E-state index in [0.29, 0.717) is 31.2 Å². The average molecular weight is 709 g/mol. The minimum absolute atomic E-state index is 0.0323. The number of amides is 2. The van der Waals surface area contributed by atoms with Crippen LogP contribution < -0.4 is 0 Å². The van der Waals surface area contributed by atoms with Gasteiger partial charge in [0.15, 0.2) is 5.92 Å². The molecule has 2 fully saturated rings. The highest BCUT2D eigenvalue weighted by Crippen LogP contribution is 2.43. The molecule has 2 heterocycles. The number of carbonyl (C=O) groups excluding carboxylic acids is 4. The Hall–Kier alpha value is -3.62. The van der Waals surface area contributed by atoms with Crippen LogP contribution in [-0.2, 0) is 40.5 Å². The Morgan fingerprint density at radius 2 is 1.10 bits per heavy atom. The molecule has 9 nitrogen and oxygen atoms in total. The number of carbonyl (C=O) groups is 4. The van der Waals surface area contributed by atoms with Gasteiger partial charge in [-0.05, 0) is 129 Å². The van der Waals surface area contributed by atoms with Crippen molar-refractivity contribution >= 4 is 23.8 Å². The largest absolute Gasteiger partial charge is 0.507 e. The van der Waals surface area contributed by atoms with E-state index in [1.165, 1.54) is 0 Å². The Balaban J connectivity index is 2.01. The van der Waals surface area contributed by atoms with E-state index in [4.69, 9.17) is 9.47 Å². The number of hydrogen-bond donors (Lipinski definition) is 1. The number of aromatic hydroxyl groups is 1. The molecule has 0 spiro atoms. The van der Waals surface area contributed by atoms with E-state index in [2.05, 4.69) is 0 Å². The van der Waals surface area contributed by atoms with Crippen LogP contribution in [0.5, 0.6) is 5.75 Å². The molecule has 0 radical (unpaired) electrons. The van der Waals surface area contributed by atoms with Gasteiger partial charge in [0.05, 0.1) is 0 Å². The Labute approximate surface area is 306 Å². The molecule has 0 aromatic heterocycles. The second-order valence-electron chi connectivity index (χ2n) is 18.2. The van der Waals surface area contributed by atoms with Crippen molar-refractivity contribution in [3.8, 4) is 5.75 Å². The first-order valence-corrected chi connectivity index (χ1v) is 18.4. The van der Waals surface area contributed by atoms with Crippen LogP contribution in [0.1, 0.15) is 138 Å². The predicted octanol–water partition coefficient (Wildman–Crippen LogP) is 7.80. The zero-order valence-electron chi connectivity index (χ0n) is 33.9. The molecule has 1 aromatic rings. The van der Waals surface area contributed by atoms with Crippen LogP contribution in [0.3, 0.4) is 0 Å². The highest BCUT2D eigenvalue weighted by atomic mass is 16.6. The molecule has 0 unspecified atom stereocenters. The van der Waals surface area contributed by atoms with Gasteiger partial charge in [0.2, 0.25) is 11.8 Å². The monoisotopic (exact) mass is 708 g/mol. The van der Waals surface area contributed by atoms with Crippen molar-refractivity contribution in [1.29, 1.82) is 0 Å². The maximum absolute atomic E-state index is 14.3. The second-order valence-corrected chi connectivity index (χ2v) is 18.2. The van der Waals surface area contributed by atoms with E-state index in [0.717, 1.165) is 16.7 Å².